The second kappa shape index (κ2) is 19.4. The average molecular weight is 765 g/mol. The first-order chi connectivity index (χ1) is 24.6. The van der Waals surface area contributed by atoms with Gasteiger partial charge in [-0.05, 0) is 122 Å². The van der Waals surface area contributed by atoms with Crippen molar-refractivity contribution < 1.29 is 27.6 Å². The maximum atomic E-state index is 14.3. The van der Waals surface area contributed by atoms with E-state index in [2.05, 4.69) is 83.1 Å². The molecule has 0 saturated heterocycles. The van der Waals surface area contributed by atoms with Gasteiger partial charge in [0.25, 0.3) is 0 Å². The van der Waals surface area contributed by atoms with E-state index in [1.54, 1.807) is 0 Å². The van der Waals surface area contributed by atoms with Crippen molar-refractivity contribution in [2.75, 3.05) is 6.61 Å². The van der Waals surface area contributed by atoms with Crippen LogP contribution in [0.25, 0.3) is 0 Å². The number of carbonyl (C=O) groups is 1. The number of hydrogen-bond acceptors (Lipinski definition) is 6. The number of ether oxygens (including phenoxy) is 1. The molecule has 5 rings (SSSR count). The van der Waals surface area contributed by atoms with Crippen LogP contribution >= 0.6 is 16.8 Å². The van der Waals surface area contributed by atoms with Crippen LogP contribution in [0.3, 0.4) is 0 Å². The van der Waals surface area contributed by atoms with Crippen LogP contribution < -0.4 is 0 Å². The average Bonchev–Trinajstić information content (AvgIpc) is 3.44. The zero-order valence-corrected chi connectivity index (χ0v) is 37.1. The van der Waals surface area contributed by atoms with E-state index >= 15 is 0 Å². The van der Waals surface area contributed by atoms with E-state index in [-0.39, 0.29) is 37.0 Å². The predicted molar refractivity (Wildman–Crippen MR) is 217 cm³/mol. The number of carbonyl (C=O) groups excluding carboxylic acids is 1. The molecule has 0 aromatic rings. The molecule has 6 nitrogen and oxygen atoms in total. The lowest BCUT2D eigenvalue weighted by atomic mass is 9.75. The van der Waals surface area contributed by atoms with E-state index in [0.717, 1.165) is 43.8 Å². The molecule has 0 bridgehead atoms. The maximum absolute atomic E-state index is 14.3. The lowest BCUT2D eigenvalue weighted by molar-refractivity contribution is -0.135. The van der Waals surface area contributed by atoms with Gasteiger partial charge in [0.2, 0.25) is 16.8 Å². The summed E-state index contributed by atoms with van der Waals surface area (Å²) in [5.41, 5.74) is 0. The smallest absolute Gasteiger partial charge is 0.344 e. The Morgan fingerprint density at radius 2 is 0.769 bits per heavy atom. The maximum Gasteiger partial charge on any atom is 0.344 e. The molecular formula is C44H78O6P2. The quantitative estimate of drug-likeness (QED) is 0.130. The van der Waals surface area contributed by atoms with Gasteiger partial charge in [0.15, 0.2) is 0 Å². The zero-order valence-electron chi connectivity index (χ0n) is 35.3. The highest BCUT2D eigenvalue weighted by Gasteiger charge is 2.47. The van der Waals surface area contributed by atoms with Gasteiger partial charge in [-0.2, -0.15) is 0 Å². The SMILES string of the molecule is CC(C)[C@@H]1CC[C@@H](C)C[C@H]1OP(O[C@@H]1C[C@H](C)CC[C@H]1C(C)C)C1=C(P(O[C@@H]2C[C@H](C)CC[C@H]2C(C)C)O[C@@H]2C[C@H](C)CC[C@H]2C(C)C)C(=O)OC1. The summed E-state index contributed by atoms with van der Waals surface area (Å²) in [4.78, 5) is 14.3. The van der Waals surface area contributed by atoms with Crippen molar-refractivity contribution in [3.8, 4) is 0 Å². The Kier molecular flexibility index (Phi) is 16.0. The molecule has 0 aromatic heterocycles. The Bertz CT molecular complexity index is 1100. The largest absolute Gasteiger partial charge is 0.457 e. The Labute approximate surface area is 322 Å². The summed E-state index contributed by atoms with van der Waals surface area (Å²) >= 11 is 0. The van der Waals surface area contributed by atoms with E-state index in [9.17, 15) is 4.79 Å². The van der Waals surface area contributed by atoms with E-state index in [1.165, 1.54) is 38.5 Å². The van der Waals surface area contributed by atoms with Gasteiger partial charge in [-0.3, -0.25) is 0 Å². The van der Waals surface area contributed by atoms with Crippen LogP contribution in [0.1, 0.15) is 160 Å². The first-order valence-electron chi connectivity index (χ1n) is 21.8. The van der Waals surface area contributed by atoms with Gasteiger partial charge in [0, 0.05) is 0 Å². The van der Waals surface area contributed by atoms with Crippen LogP contribution in [-0.4, -0.2) is 37.0 Å². The molecule has 0 spiro atoms. The Morgan fingerprint density at radius 1 is 0.481 bits per heavy atom. The third-order valence-corrected chi connectivity index (χ3v) is 17.6. The first kappa shape index (κ1) is 43.0. The summed E-state index contributed by atoms with van der Waals surface area (Å²) in [6, 6.07) is 0. The molecule has 52 heavy (non-hydrogen) atoms. The van der Waals surface area contributed by atoms with E-state index in [4.69, 9.17) is 22.8 Å². The molecule has 1 heterocycles. The standard InChI is InChI=1S/C44H78O6P2/c1-26(2)34-17-13-30(9)21-38(34)47-51(48-39-22-31(10)14-18-35(39)27(3)4)42-25-46-44(45)43(42)52(49-40-23-32(11)15-19-36(40)28(5)6)50-41-24-33(12)16-20-37(41)29(7)8/h26-41H,13-25H2,1-12H3/t30-,31-,32-,33-,34+,35+,36+,37+,38-,39-,40-,41-/m1/s1. The Hall–Kier alpha value is -0.0900. The second-order valence-electron chi connectivity index (χ2n) is 19.8. The molecule has 12 atom stereocenters. The number of hydrogen-bond donors (Lipinski definition) is 0. The third-order valence-electron chi connectivity index (χ3n) is 14.0. The summed E-state index contributed by atoms with van der Waals surface area (Å²) in [6.07, 6.45) is 14.0. The summed E-state index contributed by atoms with van der Waals surface area (Å²) in [6.45, 7) is 28.4. The van der Waals surface area contributed by atoms with Gasteiger partial charge >= 0.3 is 5.97 Å². The van der Waals surface area contributed by atoms with Gasteiger partial charge in [0.1, 0.15) is 11.9 Å². The molecule has 300 valence electrons. The Morgan fingerprint density at radius 3 is 1.06 bits per heavy atom. The van der Waals surface area contributed by atoms with Crippen LogP contribution in [0.5, 0.6) is 0 Å². The third kappa shape index (κ3) is 10.8. The molecule has 0 N–H and O–H groups in total. The lowest BCUT2D eigenvalue weighted by Crippen LogP contribution is -2.36. The highest BCUT2D eigenvalue weighted by Crippen LogP contribution is 2.65. The normalized spacial score (nSPS) is 38.1. The summed E-state index contributed by atoms with van der Waals surface area (Å²) in [5.74, 6) is 5.99. The van der Waals surface area contributed by atoms with Gasteiger partial charge < -0.3 is 22.8 Å². The monoisotopic (exact) mass is 765 g/mol. The van der Waals surface area contributed by atoms with Crippen LogP contribution in [0.15, 0.2) is 10.6 Å². The molecule has 0 unspecified atom stereocenters. The van der Waals surface area contributed by atoms with E-state index in [1.807, 2.05) is 0 Å². The summed E-state index contributed by atoms with van der Waals surface area (Å²) in [7, 11) is -3.28. The van der Waals surface area contributed by atoms with E-state index < -0.39 is 16.8 Å². The fraction of sp³-hybridized carbons (Fsp3) is 0.932. The van der Waals surface area contributed by atoms with Crippen LogP contribution in [-0.2, 0) is 27.6 Å². The lowest BCUT2D eigenvalue weighted by Gasteiger charge is -2.43. The molecule has 1 aliphatic heterocycles. The van der Waals surface area contributed by atoms with Crippen molar-refractivity contribution in [3.05, 3.63) is 10.6 Å². The van der Waals surface area contributed by atoms with Crippen molar-refractivity contribution in [3.63, 3.8) is 0 Å². The van der Waals surface area contributed by atoms with Crippen LogP contribution in [0.2, 0.25) is 0 Å². The van der Waals surface area contributed by atoms with E-state index in [0.29, 0.717) is 76.3 Å². The number of cyclic esters (lactones) is 1. The minimum atomic E-state index is -1.71. The molecule has 0 amide bonds. The van der Waals surface area contributed by atoms with Crippen molar-refractivity contribution in [2.24, 2.45) is 71.0 Å². The fourth-order valence-electron chi connectivity index (χ4n) is 10.4. The predicted octanol–water partition coefficient (Wildman–Crippen LogP) is 13.3. The fourth-order valence-corrected chi connectivity index (χ4v) is 14.4. The van der Waals surface area contributed by atoms with Crippen LogP contribution in [0.4, 0.5) is 0 Å². The highest BCUT2D eigenvalue weighted by atomic mass is 31.2. The summed E-state index contributed by atoms with van der Waals surface area (Å²) in [5, 5.41) is 1.53. The molecule has 0 aromatic carbocycles. The molecule has 5 aliphatic rings. The van der Waals surface area contributed by atoms with Gasteiger partial charge in [-0.1, -0.05) is 109 Å². The molecule has 8 heteroatoms. The minimum absolute atomic E-state index is 0.0534. The minimum Gasteiger partial charge on any atom is -0.457 e. The Balaban J connectivity index is 1.58. The molecule has 4 aliphatic carbocycles. The van der Waals surface area contributed by atoms with Crippen molar-refractivity contribution in [1.82, 2.24) is 0 Å². The molecular weight excluding hydrogens is 686 g/mol. The number of rotatable bonds is 14. The van der Waals surface area contributed by atoms with Gasteiger partial charge in [0.05, 0.1) is 29.7 Å². The molecule has 4 fully saturated rings. The van der Waals surface area contributed by atoms with Crippen molar-refractivity contribution in [1.29, 1.82) is 0 Å². The molecule has 0 radical (unpaired) electrons. The summed E-state index contributed by atoms with van der Waals surface area (Å²) < 4.78 is 35.6. The van der Waals surface area contributed by atoms with Crippen molar-refractivity contribution >= 4 is 22.7 Å². The van der Waals surface area contributed by atoms with Crippen LogP contribution in [0, 0.1) is 71.0 Å². The second-order valence-corrected chi connectivity index (χ2v) is 22.6. The number of esters is 1. The topological polar surface area (TPSA) is 63.2 Å². The van der Waals surface area contributed by atoms with Gasteiger partial charge in [-0.25, -0.2) is 4.79 Å². The zero-order chi connectivity index (χ0) is 37.9. The molecule has 4 saturated carbocycles. The van der Waals surface area contributed by atoms with Gasteiger partial charge in [-0.15, -0.1) is 0 Å². The first-order valence-corrected chi connectivity index (χ1v) is 24.2. The van der Waals surface area contributed by atoms with Crippen molar-refractivity contribution in [2.45, 2.75) is 185 Å². The highest BCUT2D eigenvalue weighted by molar-refractivity contribution is 7.58.